The SMILES string of the molecule is CSc1ccc(C=Nn2c(-c3ccco3)csc2=Nc2ccccc2)cc1. The highest BCUT2D eigenvalue weighted by Gasteiger charge is 2.09. The molecule has 0 bridgehead atoms. The van der Waals surface area contributed by atoms with Crippen molar-refractivity contribution in [3.8, 4) is 11.5 Å². The normalized spacial score (nSPS) is 12.1. The first-order valence-corrected chi connectivity index (χ1v) is 10.5. The van der Waals surface area contributed by atoms with Gasteiger partial charge in [0.2, 0.25) is 4.80 Å². The summed E-state index contributed by atoms with van der Waals surface area (Å²) in [5, 5.41) is 6.69. The average Bonchev–Trinajstić information content (AvgIpc) is 3.37. The van der Waals surface area contributed by atoms with Crippen LogP contribution in [0.2, 0.25) is 0 Å². The summed E-state index contributed by atoms with van der Waals surface area (Å²) in [5.41, 5.74) is 2.79. The second-order valence-electron chi connectivity index (χ2n) is 5.66. The fourth-order valence-corrected chi connectivity index (χ4v) is 3.76. The Hall–Kier alpha value is -2.83. The van der Waals surface area contributed by atoms with E-state index in [1.165, 1.54) is 16.2 Å². The van der Waals surface area contributed by atoms with Gasteiger partial charge in [0.15, 0.2) is 5.76 Å². The molecule has 6 heteroatoms. The summed E-state index contributed by atoms with van der Waals surface area (Å²) < 4.78 is 7.39. The number of hydrogen-bond acceptors (Lipinski definition) is 5. The fourth-order valence-electron chi connectivity index (χ4n) is 2.51. The second-order valence-corrected chi connectivity index (χ2v) is 7.37. The van der Waals surface area contributed by atoms with Crippen molar-refractivity contribution in [2.45, 2.75) is 4.90 Å². The van der Waals surface area contributed by atoms with E-state index in [1.807, 2.05) is 58.7 Å². The van der Waals surface area contributed by atoms with Crippen LogP contribution in [-0.2, 0) is 0 Å². The van der Waals surface area contributed by atoms with Gasteiger partial charge < -0.3 is 4.42 Å². The molecule has 0 aliphatic rings. The highest BCUT2D eigenvalue weighted by atomic mass is 32.2. The first-order valence-electron chi connectivity index (χ1n) is 8.36. The lowest BCUT2D eigenvalue weighted by atomic mass is 10.2. The highest BCUT2D eigenvalue weighted by molar-refractivity contribution is 7.98. The first-order chi connectivity index (χ1) is 13.3. The Bertz CT molecular complexity index is 1090. The molecule has 0 aliphatic carbocycles. The number of furan rings is 1. The lowest BCUT2D eigenvalue weighted by Gasteiger charge is -2.01. The Morgan fingerprint density at radius 1 is 1.00 bits per heavy atom. The van der Waals surface area contributed by atoms with Crippen molar-refractivity contribution in [3.63, 3.8) is 0 Å². The minimum atomic E-state index is 0.760. The maximum absolute atomic E-state index is 5.57. The van der Waals surface area contributed by atoms with E-state index in [1.54, 1.807) is 18.0 Å². The van der Waals surface area contributed by atoms with Crippen LogP contribution in [0.1, 0.15) is 5.56 Å². The van der Waals surface area contributed by atoms with Crippen molar-refractivity contribution >= 4 is 35.0 Å². The van der Waals surface area contributed by atoms with Gasteiger partial charge in [0, 0.05) is 10.3 Å². The summed E-state index contributed by atoms with van der Waals surface area (Å²) in [6, 6.07) is 22.0. The fraction of sp³-hybridized carbons (Fsp3) is 0.0476. The zero-order valence-electron chi connectivity index (χ0n) is 14.6. The molecule has 0 saturated carbocycles. The van der Waals surface area contributed by atoms with Crippen LogP contribution in [0.5, 0.6) is 0 Å². The van der Waals surface area contributed by atoms with E-state index in [9.17, 15) is 0 Å². The molecular formula is C21H17N3OS2. The largest absolute Gasteiger partial charge is 0.463 e. The Morgan fingerprint density at radius 2 is 1.81 bits per heavy atom. The highest BCUT2D eigenvalue weighted by Crippen LogP contribution is 2.21. The van der Waals surface area contributed by atoms with Crippen LogP contribution in [0, 0.1) is 0 Å². The molecule has 0 saturated heterocycles. The number of aromatic nitrogens is 1. The van der Waals surface area contributed by atoms with Gasteiger partial charge in [0.05, 0.1) is 18.2 Å². The topological polar surface area (TPSA) is 42.8 Å². The molecule has 2 heterocycles. The number of thioether (sulfide) groups is 1. The zero-order valence-corrected chi connectivity index (χ0v) is 16.3. The third-order valence-electron chi connectivity index (χ3n) is 3.88. The number of thiazole rings is 1. The smallest absolute Gasteiger partial charge is 0.211 e. The molecule has 0 aliphatic heterocycles. The van der Waals surface area contributed by atoms with E-state index >= 15 is 0 Å². The Labute approximate surface area is 165 Å². The van der Waals surface area contributed by atoms with Gasteiger partial charge in [-0.05, 0) is 48.2 Å². The monoisotopic (exact) mass is 391 g/mol. The van der Waals surface area contributed by atoms with Crippen LogP contribution in [0.4, 0.5) is 5.69 Å². The molecule has 2 aromatic carbocycles. The maximum Gasteiger partial charge on any atom is 0.211 e. The van der Waals surface area contributed by atoms with E-state index in [0.717, 1.165) is 27.5 Å². The molecule has 0 fully saturated rings. The van der Waals surface area contributed by atoms with Gasteiger partial charge in [-0.25, -0.2) is 9.67 Å². The van der Waals surface area contributed by atoms with Crippen molar-refractivity contribution in [3.05, 3.63) is 88.7 Å². The zero-order chi connectivity index (χ0) is 18.5. The standard InChI is InChI=1S/C21H17N3OS2/c1-26-18-11-9-16(10-12-18)14-22-24-19(20-8-5-13-25-20)15-27-21(24)23-17-6-3-2-4-7-17/h2-15H,1H3. The van der Waals surface area contributed by atoms with Crippen LogP contribution < -0.4 is 4.80 Å². The maximum atomic E-state index is 5.57. The molecule has 0 radical (unpaired) electrons. The predicted octanol–water partition coefficient (Wildman–Crippen LogP) is 5.65. The second kappa shape index (κ2) is 8.24. The minimum Gasteiger partial charge on any atom is -0.463 e. The van der Waals surface area contributed by atoms with E-state index < -0.39 is 0 Å². The molecular weight excluding hydrogens is 374 g/mol. The van der Waals surface area contributed by atoms with Crippen LogP contribution in [0.15, 0.2) is 97.8 Å². The molecule has 2 aromatic heterocycles. The average molecular weight is 392 g/mol. The Kier molecular flexibility index (Phi) is 5.37. The molecule has 0 spiro atoms. The molecule has 0 unspecified atom stereocenters. The molecule has 4 nitrogen and oxygen atoms in total. The first kappa shape index (κ1) is 17.6. The van der Waals surface area contributed by atoms with Crippen molar-refractivity contribution in [2.24, 2.45) is 10.1 Å². The van der Waals surface area contributed by atoms with Crippen LogP contribution in [0.25, 0.3) is 11.5 Å². The third kappa shape index (κ3) is 4.13. The van der Waals surface area contributed by atoms with Gasteiger partial charge in [0.1, 0.15) is 5.69 Å². The van der Waals surface area contributed by atoms with E-state index in [-0.39, 0.29) is 0 Å². The number of benzene rings is 2. The molecule has 0 N–H and O–H groups in total. The van der Waals surface area contributed by atoms with Crippen LogP contribution >= 0.6 is 23.1 Å². The number of nitrogens with zero attached hydrogens (tertiary/aromatic N) is 3. The van der Waals surface area contributed by atoms with E-state index in [2.05, 4.69) is 35.6 Å². The summed E-state index contributed by atoms with van der Waals surface area (Å²) >= 11 is 3.25. The Balaban J connectivity index is 1.77. The molecule has 27 heavy (non-hydrogen) atoms. The third-order valence-corrected chi connectivity index (χ3v) is 5.44. The van der Waals surface area contributed by atoms with Crippen LogP contribution in [0.3, 0.4) is 0 Å². The summed E-state index contributed by atoms with van der Waals surface area (Å²) in [5.74, 6) is 0.760. The van der Waals surface area contributed by atoms with Gasteiger partial charge >= 0.3 is 0 Å². The van der Waals surface area contributed by atoms with Crippen molar-refractivity contribution in [1.82, 2.24) is 4.68 Å². The summed E-state index contributed by atoms with van der Waals surface area (Å²) in [6.07, 6.45) is 5.57. The van der Waals surface area contributed by atoms with Crippen molar-refractivity contribution < 1.29 is 4.42 Å². The number of rotatable bonds is 5. The molecule has 134 valence electrons. The van der Waals surface area contributed by atoms with Gasteiger partial charge in [-0.3, -0.25) is 0 Å². The summed E-state index contributed by atoms with van der Waals surface area (Å²) in [6.45, 7) is 0. The number of para-hydroxylation sites is 1. The van der Waals surface area contributed by atoms with Crippen molar-refractivity contribution in [1.29, 1.82) is 0 Å². The lowest BCUT2D eigenvalue weighted by molar-refractivity contribution is 0.575. The van der Waals surface area contributed by atoms with Gasteiger partial charge in [0.25, 0.3) is 0 Å². The quantitative estimate of drug-likeness (QED) is 0.326. The predicted molar refractivity (Wildman–Crippen MR) is 113 cm³/mol. The van der Waals surface area contributed by atoms with Gasteiger partial charge in [-0.2, -0.15) is 5.10 Å². The molecule has 0 amide bonds. The van der Waals surface area contributed by atoms with Gasteiger partial charge in [-0.15, -0.1) is 23.1 Å². The van der Waals surface area contributed by atoms with Gasteiger partial charge in [-0.1, -0.05) is 30.3 Å². The molecule has 4 aromatic rings. The molecule has 0 atom stereocenters. The Morgan fingerprint density at radius 3 is 2.52 bits per heavy atom. The summed E-state index contributed by atoms with van der Waals surface area (Å²) in [7, 11) is 0. The van der Waals surface area contributed by atoms with Crippen LogP contribution in [-0.4, -0.2) is 17.1 Å². The summed E-state index contributed by atoms with van der Waals surface area (Å²) in [4.78, 5) is 6.74. The number of hydrogen-bond donors (Lipinski definition) is 0. The van der Waals surface area contributed by atoms with E-state index in [4.69, 9.17) is 9.41 Å². The lowest BCUT2D eigenvalue weighted by Crippen LogP contribution is -2.11. The molecule has 4 rings (SSSR count). The van der Waals surface area contributed by atoms with Crippen molar-refractivity contribution in [2.75, 3.05) is 6.26 Å². The minimum absolute atomic E-state index is 0.760. The van der Waals surface area contributed by atoms with E-state index in [0.29, 0.717) is 0 Å².